The molecule has 0 N–H and O–H groups in total. The molecule has 5 atom stereocenters. The van der Waals surface area contributed by atoms with E-state index in [0.29, 0.717) is 66.1 Å². The van der Waals surface area contributed by atoms with Gasteiger partial charge in [0.25, 0.3) is 0 Å². The lowest BCUT2D eigenvalue weighted by molar-refractivity contribution is -0.394. The predicted octanol–water partition coefficient (Wildman–Crippen LogP) is 6.17. The number of hydrogen-bond donors (Lipinski definition) is 0. The molecule has 11 nitrogen and oxygen atoms in total. The van der Waals surface area contributed by atoms with E-state index in [-0.39, 0.29) is 39.6 Å². The average Bonchev–Trinajstić information content (AvgIpc) is 3.24. The molecule has 2 aliphatic rings. The van der Waals surface area contributed by atoms with Gasteiger partial charge in [-0.2, -0.15) is 0 Å². The van der Waals surface area contributed by atoms with Gasteiger partial charge < -0.3 is 52.1 Å². The van der Waals surface area contributed by atoms with E-state index in [0.717, 1.165) is 22.3 Å². The molecule has 0 aromatic heterocycles. The summed E-state index contributed by atoms with van der Waals surface area (Å²) in [5.74, 6) is -1.46. The predicted molar refractivity (Wildman–Crippen MR) is 209 cm³/mol. The van der Waals surface area contributed by atoms with E-state index in [1.807, 2.05) is 121 Å². The first-order valence-electron chi connectivity index (χ1n) is 19.6. The highest BCUT2D eigenvalue weighted by Crippen LogP contribution is 2.38. The van der Waals surface area contributed by atoms with Crippen molar-refractivity contribution in [1.29, 1.82) is 0 Å². The number of benzene rings is 4. The Balaban J connectivity index is 1.34. The zero-order valence-electron chi connectivity index (χ0n) is 32.2. The highest BCUT2D eigenvalue weighted by atomic mass is 16.8. The molecule has 0 radical (unpaired) electrons. The first-order chi connectivity index (χ1) is 27.8. The summed E-state index contributed by atoms with van der Waals surface area (Å²) in [4.78, 5) is 0. The Bertz CT molecular complexity index is 1560. The van der Waals surface area contributed by atoms with E-state index in [4.69, 9.17) is 52.1 Å². The lowest BCUT2D eigenvalue weighted by Gasteiger charge is -2.52. The third-order valence-corrected chi connectivity index (χ3v) is 9.37. The summed E-state index contributed by atoms with van der Waals surface area (Å²) in [6, 6.07) is 40.2. The van der Waals surface area contributed by atoms with Gasteiger partial charge in [-0.05, 0) is 22.3 Å². The van der Waals surface area contributed by atoms with Gasteiger partial charge in [-0.1, -0.05) is 121 Å². The van der Waals surface area contributed by atoms with Gasteiger partial charge in [0.1, 0.15) is 31.0 Å². The van der Waals surface area contributed by atoms with E-state index in [1.54, 1.807) is 0 Å². The maximum Gasteiger partial charge on any atom is 0.222 e. The summed E-state index contributed by atoms with van der Waals surface area (Å²) >= 11 is 0. The summed E-state index contributed by atoms with van der Waals surface area (Å²) in [5.41, 5.74) is 4.05. The number of hydrogen-bond acceptors (Lipinski definition) is 11. The molecule has 2 fully saturated rings. The molecule has 0 aliphatic carbocycles. The zero-order chi connectivity index (χ0) is 38.4. The fourth-order valence-corrected chi connectivity index (χ4v) is 6.56. The van der Waals surface area contributed by atoms with E-state index in [9.17, 15) is 0 Å². The largest absolute Gasteiger partial charge is 0.377 e. The van der Waals surface area contributed by atoms with Gasteiger partial charge in [-0.25, -0.2) is 0 Å². The van der Waals surface area contributed by atoms with Crippen LogP contribution in [0.5, 0.6) is 0 Å². The average molecular weight is 773 g/mol. The second kappa shape index (κ2) is 24.3. The van der Waals surface area contributed by atoms with Crippen molar-refractivity contribution in [3.8, 4) is 0 Å². The third kappa shape index (κ3) is 13.8. The minimum Gasteiger partial charge on any atom is -0.377 e. The Kier molecular flexibility index (Phi) is 18.2. The maximum atomic E-state index is 7.14. The Morgan fingerprint density at radius 1 is 0.429 bits per heavy atom. The lowest BCUT2D eigenvalue weighted by Crippen LogP contribution is -2.69. The summed E-state index contributed by atoms with van der Waals surface area (Å²) in [7, 11) is 0. The van der Waals surface area contributed by atoms with Crippen molar-refractivity contribution in [2.24, 2.45) is 0 Å². The molecule has 6 rings (SSSR count). The highest BCUT2D eigenvalue weighted by Gasteiger charge is 2.58. The molecule has 2 aliphatic heterocycles. The molecule has 2 heterocycles. The molecule has 11 heteroatoms. The van der Waals surface area contributed by atoms with Crippen molar-refractivity contribution in [2.45, 2.75) is 56.6 Å². The third-order valence-electron chi connectivity index (χ3n) is 9.37. The first-order valence-corrected chi connectivity index (χ1v) is 19.6. The normalized spacial score (nSPS) is 24.9. The molecular weight excluding hydrogens is 716 g/mol. The van der Waals surface area contributed by atoms with Gasteiger partial charge in [0.05, 0.1) is 99.1 Å². The summed E-state index contributed by atoms with van der Waals surface area (Å²) in [6.45, 7) is 5.30. The van der Waals surface area contributed by atoms with Crippen LogP contribution in [0.25, 0.3) is 0 Å². The Morgan fingerprint density at radius 2 is 0.821 bits per heavy atom. The topological polar surface area (TPSA) is 102 Å². The smallest absolute Gasteiger partial charge is 0.222 e. The van der Waals surface area contributed by atoms with Crippen molar-refractivity contribution >= 4 is 0 Å². The van der Waals surface area contributed by atoms with Crippen molar-refractivity contribution in [3.05, 3.63) is 144 Å². The van der Waals surface area contributed by atoms with Crippen LogP contribution in [0, 0.1) is 0 Å². The molecule has 0 unspecified atom stereocenters. The van der Waals surface area contributed by atoms with Gasteiger partial charge in [0, 0.05) is 0 Å². The van der Waals surface area contributed by atoms with Crippen LogP contribution in [-0.2, 0) is 78.5 Å². The Labute approximate surface area is 331 Å². The standard InChI is InChI=1S/C45H56O11/c1-5-13-37(14-6-1)31-51-35-41-42(52-32-38-15-7-2-8-16-38)43(53-33-39-17-9-3-10-18-39)44(54-34-40-19-11-4-12-20-40)45(56-41)36-50-28-27-48-24-23-46-21-22-47-25-26-49-29-30-55-45/h1-20,41-44H,21-36H2/t41-,42-,43+,44-,45+/m1/s1. The van der Waals surface area contributed by atoms with Crippen molar-refractivity contribution in [3.63, 3.8) is 0 Å². The molecule has 4 aromatic carbocycles. The molecule has 0 bridgehead atoms. The Morgan fingerprint density at radius 3 is 1.30 bits per heavy atom. The molecule has 0 amide bonds. The highest BCUT2D eigenvalue weighted by molar-refractivity contribution is 5.17. The molecule has 302 valence electrons. The SMILES string of the molecule is c1ccc(COC[C@H]2O[C@@]3(COCCOCCOCCOCCOCCO3)[C@H](OCc3ccccc3)[C@@H](OCc3ccccc3)[C@@H]2OCc2ccccc2)cc1. The van der Waals surface area contributed by atoms with Gasteiger partial charge in [-0.3, -0.25) is 0 Å². The first kappa shape index (κ1) is 42.1. The molecule has 2 saturated heterocycles. The van der Waals surface area contributed by atoms with Crippen LogP contribution in [-0.4, -0.2) is 109 Å². The van der Waals surface area contributed by atoms with Crippen molar-refractivity contribution in [2.75, 3.05) is 79.3 Å². The minimum atomic E-state index is -1.46. The molecule has 1 spiro atoms. The van der Waals surface area contributed by atoms with E-state index in [1.165, 1.54) is 0 Å². The van der Waals surface area contributed by atoms with Crippen LogP contribution in [0.3, 0.4) is 0 Å². The van der Waals surface area contributed by atoms with E-state index in [2.05, 4.69) is 0 Å². The van der Waals surface area contributed by atoms with Gasteiger partial charge in [0.2, 0.25) is 5.79 Å². The van der Waals surface area contributed by atoms with Crippen LogP contribution in [0.1, 0.15) is 22.3 Å². The zero-order valence-corrected chi connectivity index (χ0v) is 32.2. The summed E-state index contributed by atoms with van der Waals surface area (Å²) in [5, 5.41) is 0. The monoisotopic (exact) mass is 772 g/mol. The van der Waals surface area contributed by atoms with Crippen LogP contribution in [0.15, 0.2) is 121 Å². The summed E-state index contributed by atoms with van der Waals surface area (Å²) in [6.07, 6.45) is -2.79. The van der Waals surface area contributed by atoms with E-state index >= 15 is 0 Å². The molecule has 56 heavy (non-hydrogen) atoms. The van der Waals surface area contributed by atoms with Crippen LogP contribution >= 0.6 is 0 Å². The van der Waals surface area contributed by atoms with Gasteiger partial charge in [-0.15, -0.1) is 0 Å². The Hall–Kier alpha value is -3.56. The van der Waals surface area contributed by atoms with Crippen molar-refractivity contribution in [1.82, 2.24) is 0 Å². The van der Waals surface area contributed by atoms with Crippen LogP contribution < -0.4 is 0 Å². The second-order valence-electron chi connectivity index (χ2n) is 13.6. The second-order valence-corrected chi connectivity index (χ2v) is 13.6. The number of rotatable bonds is 13. The lowest BCUT2D eigenvalue weighted by atomic mass is 9.91. The van der Waals surface area contributed by atoms with Gasteiger partial charge in [0.15, 0.2) is 0 Å². The molecule has 0 saturated carbocycles. The van der Waals surface area contributed by atoms with Gasteiger partial charge >= 0.3 is 0 Å². The maximum absolute atomic E-state index is 7.14. The van der Waals surface area contributed by atoms with E-state index < -0.39 is 30.2 Å². The van der Waals surface area contributed by atoms with Crippen LogP contribution in [0.2, 0.25) is 0 Å². The van der Waals surface area contributed by atoms with Crippen LogP contribution in [0.4, 0.5) is 0 Å². The van der Waals surface area contributed by atoms with Crippen molar-refractivity contribution < 1.29 is 52.1 Å². The molecular formula is C45H56O11. The quantitative estimate of drug-likeness (QED) is 0.156. The number of ether oxygens (including phenoxy) is 11. The minimum absolute atomic E-state index is 0.0151. The summed E-state index contributed by atoms with van der Waals surface area (Å²) < 4.78 is 70.4. The fourth-order valence-electron chi connectivity index (χ4n) is 6.56. The fraction of sp³-hybridized carbons (Fsp3) is 0.467. The molecule has 4 aromatic rings.